The molecule has 0 atom stereocenters. The van der Waals surface area contributed by atoms with Crippen molar-refractivity contribution >= 4 is 34.6 Å². The molecule has 0 saturated carbocycles. The summed E-state index contributed by atoms with van der Waals surface area (Å²) >= 11 is 6.08. The van der Waals surface area contributed by atoms with Crippen molar-refractivity contribution in [2.45, 2.75) is 0 Å². The minimum absolute atomic E-state index is 0.299. The third-order valence-corrected chi connectivity index (χ3v) is 4.39. The predicted molar refractivity (Wildman–Crippen MR) is 93.3 cm³/mol. The molecule has 118 valence electrons. The fourth-order valence-corrected chi connectivity index (χ4v) is 3.16. The topological polar surface area (TPSA) is 62.7 Å². The molecule has 0 aliphatic carbocycles. The summed E-state index contributed by atoms with van der Waals surface area (Å²) in [5, 5.41) is 4.88. The maximum atomic E-state index is 6.08. The first-order valence-corrected chi connectivity index (χ1v) is 7.94. The van der Waals surface area contributed by atoms with E-state index in [-0.39, 0.29) is 0 Å². The Hall–Kier alpha value is -2.47. The van der Waals surface area contributed by atoms with Crippen LogP contribution in [0.2, 0.25) is 5.02 Å². The lowest BCUT2D eigenvalue weighted by Crippen LogP contribution is -2.46. The normalized spacial score (nSPS) is 15.3. The molecule has 1 aromatic carbocycles. The van der Waals surface area contributed by atoms with Crippen LogP contribution in [0.1, 0.15) is 0 Å². The van der Waals surface area contributed by atoms with E-state index in [0.717, 1.165) is 42.5 Å². The molecule has 1 aliphatic rings. The van der Waals surface area contributed by atoms with E-state index in [4.69, 9.17) is 17.3 Å². The van der Waals surface area contributed by atoms with Crippen LogP contribution in [0, 0.1) is 0 Å². The first-order chi connectivity index (χ1) is 11.2. The molecule has 0 bridgehead atoms. The van der Waals surface area contributed by atoms with Gasteiger partial charge in [-0.1, -0.05) is 17.7 Å². The summed E-state index contributed by atoms with van der Waals surface area (Å²) in [7, 11) is 0. The number of nitrogens with two attached hydrogens (primary N) is 1. The van der Waals surface area contributed by atoms with Crippen LogP contribution < -0.4 is 15.5 Å². The summed E-state index contributed by atoms with van der Waals surface area (Å²) in [6.07, 6.45) is 1.90. The summed E-state index contributed by atoms with van der Waals surface area (Å²) in [5.74, 6) is 0.299. The zero-order valence-corrected chi connectivity index (χ0v) is 13.3. The van der Waals surface area contributed by atoms with Crippen molar-refractivity contribution < 1.29 is 0 Å². The number of anilines is 3. The average molecular weight is 329 g/mol. The number of hydrogen-bond donors (Lipinski definition) is 1. The number of aromatic nitrogens is 3. The molecular weight excluding hydrogens is 312 g/mol. The predicted octanol–water partition coefficient (Wildman–Crippen LogP) is 2.29. The third kappa shape index (κ3) is 2.77. The monoisotopic (exact) mass is 328 g/mol. The van der Waals surface area contributed by atoms with Gasteiger partial charge in [-0.15, -0.1) is 5.10 Å². The molecule has 2 aromatic heterocycles. The summed E-state index contributed by atoms with van der Waals surface area (Å²) in [6.45, 7) is 3.82. The molecule has 3 heterocycles. The van der Waals surface area contributed by atoms with Crippen LogP contribution >= 0.6 is 11.6 Å². The highest BCUT2D eigenvalue weighted by atomic mass is 35.5. The first-order valence-electron chi connectivity index (χ1n) is 7.56. The van der Waals surface area contributed by atoms with Gasteiger partial charge in [0.1, 0.15) is 0 Å². The number of fused-ring (bicyclic) bond motifs is 1. The molecule has 0 unspecified atom stereocenters. The second-order valence-corrected chi connectivity index (χ2v) is 6.05. The molecule has 1 saturated heterocycles. The lowest BCUT2D eigenvalue weighted by Gasteiger charge is -2.37. The van der Waals surface area contributed by atoms with Gasteiger partial charge in [-0.05, 0) is 24.3 Å². The van der Waals surface area contributed by atoms with Gasteiger partial charge in [-0.3, -0.25) is 0 Å². The highest BCUT2D eigenvalue weighted by Crippen LogP contribution is 2.23. The Labute approximate surface area is 139 Å². The van der Waals surface area contributed by atoms with Crippen molar-refractivity contribution in [2.24, 2.45) is 0 Å². The molecule has 23 heavy (non-hydrogen) atoms. The maximum absolute atomic E-state index is 6.08. The van der Waals surface area contributed by atoms with Gasteiger partial charge < -0.3 is 15.5 Å². The Morgan fingerprint density at radius 3 is 2.35 bits per heavy atom. The number of piperazine rings is 1. The highest BCUT2D eigenvalue weighted by molar-refractivity contribution is 6.30. The summed E-state index contributed by atoms with van der Waals surface area (Å²) in [6, 6.07) is 12.1. The standard InChI is InChI=1S/C16H17ClN6/c17-12-2-1-3-13(10-12)21-6-8-22(9-7-21)14-4-5-23-15(11-14)19-16(18)20-23/h1-5,10-11H,6-9H2,(H2,18,20). The lowest BCUT2D eigenvalue weighted by molar-refractivity contribution is 0.653. The Morgan fingerprint density at radius 1 is 0.957 bits per heavy atom. The van der Waals surface area contributed by atoms with Gasteiger partial charge in [-0.25, -0.2) is 4.52 Å². The number of nitrogen functional groups attached to an aromatic ring is 1. The molecule has 0 radical (unpaired) electrons. The zero-order valence-electron chi connectivity index (χ0n) is 12.6. The van der Waals surface area contributed by atoms with E-state index in [1.54, 1.807) is 4.52 Å². The van der Waals surface area contributed by atoms with Gasteiger partial charge >= 0.3 is 0 Å². The van der Waals surface area contributed by atoms with E-state index in [2.05, 4.69) is 32.0 Å². The van der Waals surface area contributed by atoms with Crippen molar-refractivity contribution in [3.8, 4) is 0 Å². The van der Waals surface area contributed by atoms with Crippen molar-refractivity contribution in [1.29, 1.82) is 0 Å². The van der Waals surface area contributed by atoms with Crippen LogP contribution in [0.3, 0.4) is 0 Å². The maximum Gasteiger partial charge on any atom is 0.240 e. The minimum atomic E-state index is 0.299. The number of nitrogens with zero attached hydrogens (tertiary/aromatic N) is 5. The second kappa shape index (κ2) is 5.62. The van der Waals surface area contributed by atoms with E-state index >= 15 is 0 Å². The van der Waals surface area contributed by atoms with Gasteiger partial charge in [0.2, 0.25) is 5.95 Å². The molecule has 6 nitrogen and oxygen atoms in total. The number of rotatable bonds is 2. The minimum Gasteiger partial charge on any atom is -0.368 e. The second-order valence-electron chi connectivity index (χ2n) is 5.61. The molecule has 3 aromatic rings. The van der Waals surface area contributed by atoms with Crippen LogP contribution in [0.25, 0.3) is 5.65 Å². The van der Waals surface area contributed by atoms with Crippen molar-refractivity contribution in [3.63, 3.8) is 0 Å². The van der Waals surface area contributed by atoms with Crippen LogP contribution in [0.5, 0.6) is 0 Å². The van der Waals surface area contributed by atoms with Crippen molar-refractivity contribution in [3.05, 3.63) is 47.6 Å². The number of halogens is 1. The molecule has 4 rings (SSSR count). The van der Waals surface area contributed by atoms with Crippen molar-refractivity contribution in [2.75, 3.05) is 41.7 Å². The lowest BCUT2D eigenvalue weighted by atomic mass is 10.2. The summed E-state index contributed by atoms with van der Waals surface area (Å²) in [5.41, 5.74) is 8.74. The van der Waals surface area contributed by atoms with Crippen LogP contribution in [0.15, 0.2) is 42.6 Å². The van der Waals surface area contributed by atoms with Gasteiger partial charge in [0.15, 0.2) is 5.65 Å². The Balaban J connectivity index is 1.49. The van der Waals surface area contributed by atoms with Gasteiger partial charge in [-0.2, -0.15) is 4.98 Å². The molecule has 1 aliphatic heterocycles. The van der Waals surface area contributed by atoms with Crippen LogP contribution in [-0.4, -0.2) is 40.8 Å². The SMILES string of the molecule is Nc1nc2cc(N3CCN(c4cccc(Cl)c4)CC3)ccn2n1. The van der Waals surface area contributed by atoms with E-state index in [1.165, 1.54) is 5.69 Å². The van der Waals surface area contributed by atoms with Gasteiger partial charge in [0.05, 0.1) is 0 Å². The molecule has 0 spiro atoms. The zero-order chi connectivity index (χ0) is 15.8. The van der Waals surface area contributed by atoms with Gasteiger partial charge in [0, 0.05) is 54.8 Å². The largest absolute Gasteiger partial charge is 0.368 e. The molecule has 2 N–H and O–H groups in total. The quantitative estimate of drug-likeness (QED) is 0.782. The van der Waals surface area contributed by atoms with Gasteiger partial charge in [0.25, 0.3) is 0 Å². The molecule has 0 amide bonds. The first kappa shape index (κ1) is 14.1. The number of benzene rings is 1. The fourth-order valence-electron chi connectivity index (χ4n) is 2.98. The number of pyridine rings is 1. The number of hydrogen-bond acceptors (Lipinski definition) is 5. The van der Waals surface area contributed by atoms with E-state index < -0.39 is 0 Å². The third-order valence-electron chi connectivity index (χ3n) is 4.16. The summed E-state index contributed by atoms with van der Waals surface area (Å²) in [4.78, 5) is 8.93. The molecule has 1 fully saturated rings. The van der Waals surface area contributed by atoms with E-state index in [0.29, 0.717) is 5.95 Å². The van der Waals surface area contributed by atoms with E-state index in [9.17, 15) is 0 Å². The Bertz CT molecular complexity index is 837. The smallest absolute Gasteiger partial charge is 0.240 e. The van der Waals surface area contributed by atoms with Crippen LogP contribution in [-0.2, 0) is 0 Å². The van der Waals surface area contributed by atoms with E-state index in [1.807, 2.05) is 30.5 Å². The average Bonchev–Trinajstić information content (AvgIpc) is 2.94. The highest BCUT2D eigenvalue weighted by Gasteiger charge is 2.18. The fraction of sp³-hybridized carbons (Fsp3) is 0.250. The van der Waals surface area contributed by atoms with Crippen LogP contribution in [0.4, 0.5) is 17.3 Å². The Kier molecular flexibility index (Phi) is 3.46. The Morgan fingerprint density at radius 2 is 1.65 bits per heavy atom. The summed E-state index contributed by atoms with van der Waals surface area (Å²) < 4.78 is 1.70. The molecule has 7 heteroatoms. The van der Waals surface area contributed by atoms with Crippen molar-refractivity contribution in [1.82, 2.24) is 14.6 Å². The molecular formula is C16H17ClN6.